The molecular weight excluding hydrogens is 207 g/mol. The van der Waals surface area contributed by atoms with Crippen molar-refractivity contribution in [3.8, 4) is 11.8 Å². The number of hydrogen-bond acceptors (Lipinski definition) is 3. The predicted octanol–water partition coefficient (Wildman–Crippen LogP) is 2.17. The Hall–Kier alpha value is -1.60. The first-order valence-corrected chi connectivity index (χ1v) is 5.04. The molecule has 0 saturated carbocycles. The van der Waals surface area contributed by atoms with Gasteiger partial charge in [-0.25, -0.2) is 4.39 Å². The Morgan fingerprint density at radius 2 is 2.19 bits per heavy atom. The Kier molecular flexibility index (Phi) is 3.86. The van der Waals surface area contributed by atoms with Gasteiger partial charge in [-0.3, -0.25) is 0 Å². The van der Waals surface area contributed by atoms with E-state index in [0.29, 0.717) is 18.7 Å². The van der Waals surface area contributed by atoms with Crippen molar-refractivity contribution in [3.05, 3.63) is 29.6 Å². The van der Waals surface area contributed by atoms with Crippen molar-refractivity contribution in [2.24, 2.45) is 5.41 Å². The zero-order chi connectivity index (χ0) is 12.2. The average molecular weight is 222 g/mol. The minimum Gasteiger partial charge on any atom is -0.508 e. The van der Waals surface area contributed by atoms with Gasteiger partial charge in [0.15, 0.2) is 0 Å². The third-order valence-electron chi connectivity index (χ3n) is 2.23. The van der Waals surface area contributed by atoms with Crippen LogP contribution >= 0.6 is 0 Å². The van der Waals surface area contributed by atoms with Crippen molar-refractivity contribution in [1.29, 1.82) is 5.26 Å². The summed E-state index contributed by atoms with van der Waals surface area (Å²) < 4.78 is 12.9. The number of nitriles is 1. The van der Waals surface area contributed by atoms with Crippen LogP contribution in [-0.4, -0.2) is 11.7 Å². The largest absolute Gasteiger partial charge is 0.508 e. The Morgan fingerprint density at radius 1 is 1.50 bits per heavy atom. The molecule has 0 spiro atoms. The molecule has 0 unspecified atom stereocenters. The highest BCUT2D eigenvalue weighted by Gasteiger charge is 2.15. The minimum atomic E-state index is -0.469. The molecule has 0 radical (unpaired) electrons. The van der Waals surface area contributed by atoms with Crippen LogP contribution in [-0.2, 0) is 6.54 Å². The highest BCUT2D eigenvalue weighted by Crippen LogP contribution is 2.18. The van der Waals surface area contributed by atoms with E-state index in [4.69, 9.17) is 5.26 Å². The monoisotopic (exact) mass is 222 g/mol. The molecule has 0 fully saturated rings. The van der Waals surface area contributed by atoms with Gasteiger partial charge >= 0.3 is 0 Å². The third-order valence-corrected chi connectivity index (χ3v) is 2.23. The van der Waals surface area contributed by atoms with Gasteiger partial charge in [0, 0.05) is 18.7 Å². The molecule has 0 amide bonds. The fourth-order valence-corrected chi connectivity index (χ4v) is 1.24. The number of benzene rings is 1. The first-order chi connectivity index (χ1) is 7.44. The third kappa shape index (κ3) is 3.52. The summed E-state index contributed by atoms with van der Waals surface area (Å²) in [5.41, 5.74) is 0.0249. The highest BCUT2D eigenvalue weighted by atomic mass is 19.1. The summed E-state index contributed by atoms with van der Waals surface area (Å²) >= 11 is 0. The molecular formula is C12H15FN2O. The van der Waals surface area contributed by atoms with E-state index in [9.17, 15) is 9.50 Å². The molecule has 86 valence electrons. The molecule has 0 bridgehead atoms. The second-order valence-corrected chi connectivity index (χ2v) is 4.37. The number of phenols is 1. The zero-order valence-corrected chi connectivity index (χ0v) is 9.42. The molecule has 0 aliphatic heterocycles. The van der Waals surface area contributed by atoms with Gasteiger partial charge in [-0.1, -0.05) is 0 Å². The first-order valence-electron chi connectivity index (χ1n) is 5.04. The van der Waals surface area contributed by atoms with Crippen LogP contribution in [0.3, 0.4) is 0 Å². The maximum atomic E-state index is 12.9. The number of hydrogen-bond donors (Lipinski definition) is 2. The van der Waals surface area contributed by atoms with Crippen LogP contribution in [0.5, 0.6) is 5.75 Å². The Morgan fingerprint density at radius 3 is 2.81 bits per heavy atom. The molecule has 3 nitrogen and oxygen atoms in total. The van der Waals surface area contributed by atoms with Crippen LogP contribution in [0.4, 0.5) is 4.39 Å². The molecule has 1 aromatic carbocycles. The van der Waals surface area contributed by atoms with Crippen LogP contribution in [0.15, 0.2) is 18.2 Å². The standard InChI is InChI=1S/C12H15FN2O/c1-12(2,7-14)8-15-6-9-5-10(13)3-4-11(9)16/h3-5,15-16H,6,8H2,1-2H3. The smallest absolute Gasteiger partial charge is 0.123 e. The van der Waals surface area contributed by atoms with Crippen molar-refractivity contribution in [3.63, 3.8) is 0 Å². The predicted molar refractivity (Wildman–Crippen MR) is 59.2 cm³/mol. The number of nitrogens with one attached hydrogen (secondary N) is 1. The highest BCUT2D eigenvalue weighted by molar-refractivity contribution is 5.32. The molecule has 1 rings (SSSR count). The summed E-state index contributed by atoms with van der Waals surface area (Å²) in [4.78, 5) is 0. The molecule has 0 heterocycles. The second kappa shape index (κ2) is 4.95. The van der Waals surface area contributed by atoms with Crippen molar-refractivity contribution < 1.29 is 9.50 Å². The number of phenolic OH excluding ortho intramolecular Hbond substituents is 1. The SMILES string of the molecule is CC(C)(C#N)CNCc1cc(F)ccc1O. The summed E-state index contributed by atoms with van der Waals surface area (Å²) in [6.07, 6.45) is 0. The van der Waals surface area contributed by atoms with Gasteiger partial charge in [0.2, 0.25) is 0 Å². The van der Waals surface area contributed by atoms with Gasteiger partial charge in [-0.2, -0.15) is 5.26 Å². The van der Waals surface area contributed by atoms with E-state index in [0.717, 1.165) is 0 Å². The van der Waals surface area contributed by atoms with E-state index in [1.807, 2.05) is 13.8 Å². The molecule has 0 aliphatic carbocycles. The summed E-state index contributed by atoms with van der Waals surface area (Å²) in [5, 5.41) is 21.3. The molecule has 1 aromatic rings. The van der Waals surface area contributed by atoms with Crippen LogP contribution < -0.4 is 5.32 Å². The van der Waals surface area contributed by atoms with Gasteiger partial charge < -0.3 is 10.4 Å². The van der Waals surface area contributed by atoms with E-state index in [2.05, 4.69) is 11.4 Å². The van der Waals surface area contributed by atoms with E-state index in [1.165, 1.54) is 18.2 Å². The van der Waals surface area contributed by atoms with E-state index < -0.39 is 5.41 Å². The molecule has 0 atom stereocenters. The summed E-state index contributed by atoms with van der Waals surface area (Å²) in [5.74, 6) is -0.321. The maximum Gasteiger partial charge on any atom is 0.123 e. The summed E-state index contributed by atoms with van der Waals surface area (Å²) in [7, 11) is 0. The molecule has 4 heteroatoms. The van der Waals surface area contributed by atoms with Crippen LogP contribution in [0.1, 0.15) is 19.4 Å². The lowest BCUT2D eigenvalue weighted by Crippen LogP contribution is -2.27. The van der Waals surface area contributed by atoms with Crippen LogP contribution in [0, 0.1) is 22.6 Å². The topological polar surface area (TPSA) is 56.0 Å². The molecule has 0 aliphatic rings. The van der Waals surface area contributed by atoms with Gasteiger partial charge in [0.25, 0.3) is 0 Å². The molecule has 2 N–H and O–H groups in total. The van der Waals surface area contributed by atoms with Crippen LogP contribution in [0.2, 0.25) is 0 Å². The van der Waals surface area contributed by atoms with Crippen LogP contribution in [0.25, 0.3) is 0 Å². The Bertz CT molecular complexity index is 410. The van der Waals surface area contributed by atoms with Gasteiger partial charge in [0.05, 0.1) is 11.5 Å². The fourth-order valence-electron chi connectivity index (χ4n) is 1.24. The van der Waals surface area contributed by atoms with Gasteiger partial charge in [0.1, 0.15) is 11.6 Å². The quantitative estimate of drug-likeness (QED) is 0.820. The zero-order valence-electron chi connectivity index (χ0n) is 9.42. The second-order valence-electron chi connectivity index (χ2n) is 4.37. The number of halogens is 1. The number of aromatic hydroxyl groups is 1. The van der Waals surface area contributed by atoms with Crippen molar-refractivity contribution in [1.82, 2.24) is 5.32 Å². The molecule has 0 saturated heterocycles. The number of nitrogens with zero attached hydrogens (tertiary/aromatic N) is 1. The van der Waals surface area contributed by atoms with Crippen molar-refractivity contribution in [2.45, 2.75) is 20.4 Å². The lowest BCUT2D eigenvalue weighted by atomic mass is 9.96. The molecule has 0 aromatic heterocycles. The van der Waals surface area contributed by atoms with E-state index in [-0.39, 0.29) is 11.6 Å². The van der Waals surface area contributed by atoms with Gasteiger partial charge in [-0.05, 0) is 32.0 Å². The number of rotatable bonds is 4. The summed E-state index contributed by atoms with van der Waals surface area (Å²) in [6.45, 7) is 4.45. The van der Waals surface area contributed by atoms with Crippen molar-refractivity contribution >= 4 is 0 Å². The average Bonchev–Trinajstić information content (AvgIpc) is 2.23. The Labute approximate surface area is 94.5 Å². The normalized spacial score (nSPS) is 11.1. The first kappa shape index (κ1) is 12.5. The lowest BCUT2D eigenvalue weighted by Gasteiger charge is -2.16. The van der Waals surface area contributed by atoms with Crippen molar-refractivity contribution in [2.75, 3.05) is 6.54 Å². The fraction of sp³-hybridized carbons (Fsp3) is 0.417. The Balaban J connectivity index is 2.56. The lowest BCUT2D eigenvalue weighted by molar-refractivity contribution is 0.431. The summed E-state index contributed by atoms with van der Waals surface area (Å²) in [6, 6.07) is 5.96. The molecule has 16 heavy (non-hydrogen) atoms. The van der Waals surface area contributed by atoms with E-state index in [1.54, 1.807) is 0 Å². The van der Waals surface area contributed by atoms with Gasteiger partial charge in [-0.15, -0.1) is 0 Å². The van der Waals surface area contributed by atoms with E-state index >= 15 is 0 Å². The minimum absolute atomic E-state index is 0.0589. The maximum absolute atomic E-state index is 12.9.